The Kier molecular flexibility index (Phi) is 4.88. The van der Waals surface area contributed by atoms with Gasteiger partial charge in [0.25, 0.3) is 5.91 Å². The number of nitrogens with one attached hydrogen (secondary N) is 1. The van der Waals surface area contributed by atoms with Gasteiger partial charge in [-0.15, -0.1) is 11.3 Å². The Morgan fingerprint density at radius 2 is 1.95 bits per heavy atom. The fourth-order valence-electron chi connectivity index (χ4n) is 3.02. The number of carbonyl (C=O) groups excluding carboxylic acids is 1. The minimum absolute atomic E-state index is 0.0303. The third-order valence-electron chi connectivity index (χ3n) is 4.30. The van der Waals surface area contributed by atoms with E-state index in [1.54, 1.807) is 0 Å². The summed E-state index contributed by atoms with van der Waals surface area (Å²) in [5.41, 5.74) is 1.90. The van der Waals surface area contributed by atoms with Crippen molar-refractivity contribution in [3.05, 3.63) is 40.9 Å². The van der Waals surface area contributed by atoms with Crippen molar-refractivity contribution in [1.82, 2.24) is 10.3 Å². The molecule has 4 heteroatoms. The number of carbonyl (C=O) groups is 1. The molecule has 2 aromatic rings. The summed E-state index contributed by atoms with van der Waals surface area (Å²) in [6.07, 6.45) is 6.45. The molecule has 1 saturated carbocycles. The lowest BCUT2D eigenvalue weighted by molar-refractivity contribution is 0.0947. The van der Waals surface area contributed by atoms with Gasteiger partial charge in [-0.1, -0.05) is 49.6 Å². The summed E-state index contributed by atoms with van der Waals surface area (Å²) < 4.78 is 0. The molecule has 1 fully saturated rings. The lowest BCUT2D eigenvalue weighted by atomic mass is 9.89. The molecule has 1 aliphatic rings. The molecule has 3 rings (SSSR count). The van der Waals surface area contributed by atoms with Crippen LogP contribution in [0.3, 0.4) is 0 Å². The van der Waals surface area contributed by atoms with Gasteiger partial charge in [-0.3, -0.25) is 4.79 Å². The van der Waals surface area contributed by atoms with Crippen LogP contribution in [-0.2, 0) is 0 Å². The molecule has 0 spiro atoms. The van der Waals surface area contributed by atoms with Gasteiger partial charge in [0.15, 0.2) is 0 Å². The molecule has 3 nitrogen and oxygen atoms in total. The van der Waals surface area contributed by atoms with E-state index in [2.05, 4.69) is 10.3 Å². The minimum Gasteiger partial charge on any atom is -0.351 e. The zero-order chi connectivity index (χ0) is 15.4. The van der Waals surface area contributed by atoms with Crippen LogP contribution in [0.5, 0.6) is 0 Å². The molecule has 0 atom stereocenters. The first kappa shape index (κ1) is 15.2. The first-order chi connectivity index (χ1) is 10.7. The second-order valence-corrected chi connectivity index (χ2v) is 7.01. The highest BCUT2D eigenvalue weighted by Gasteiger charge is 2.18. The number of hydrogen-bond acceptors (Lipinski definition) is 3. The summed E-state index contributed by atoms with van der Waals surface area (Å²) >= 11 is 1.48. The van der Waals surface area contributed by atoms with Crippen LogP contribution in [0.15, 0.2) is 30.3 Å². The topological polar surface area (TPSA) is 42.0 Å². The Hall–Kier alpha value is -1.68. The quantitative estimate of drug-likeness (QED) is 0.907. The standard InChI is InChI=1S/C18H22N2OS/c1-13-16(17(21)19-12-14-8-4-2-5-9-14)22-18(20-13)15-10-6-3-7-11-15/h3,6-7,10-11,14H,2,4-5,8-9,12H2,1H3,(H,19,21). The first-order valence-electron chi connectivity index (χ1n) is 8.05. The molecular formula is C18H22N2OS. The molecule has 0 unspecified atom stereocenters. The summed E-state index contributed by atoms with van der Waals surface area (Å²) in [6, 6.07) is 10.0. The Balaban J connectivity index is 1.66. The zero-order valence-corrected chi connectivity index (χ0v) is 13.8. The maximum absolute atomic E-state index is 12.4. The summed E-state index contributed by atoms with van der Waals surface area (Å²) in [5.74, 6) is 0.683. The molecule has 1 aliphatic carbocycles. The van der Waals surface area contributed by atoms with Crippen molar-refractivity contribution in [2.45, 2.75) is 39.0 Å². The second-order valence-electron chi connectivity index (χ2n) is 6.01. The maximum atomic E-state index is 12.4. The highest BCUT2D eigenvalue weighted by molar-refractivity contribution is 7.17. The number of hydrogen-bond donors (Lipinski definition) is 1. The fourth-order valence-corrected chi connectivity index (χ4v) is 4.01. The van der Waals surface area contributed by atoms with Gasteiger partial charge in [0.05, 0.1) is 5.69 Å². The maximum Gasteiger partial charge on any atom is 0.263 e. The summed E-state index contributed by atoms with van der Waals surface area (Å²) in [4.78, 5) is 17.7. The average molecular weight is 314 g/mol. The van der Waals surface area contributed by atoms with E-state index in [-0.39, 0.29) is 5.91 Å². The van der Waals surface area contributed by atoms with Crippen LogP contribution >= 0.6 is 11.3 Å². The number of nitrogens with zero attached hydrogens (tertiary/aromatic N) is 1. The van der Waals surface area contributed by atoms with Gasteiger partial charge < -0.3 is 5.32 Å². The predicted molar refractivity (Wildman–Crippen MR) is 91.2 cm³/mol. The van der Waals surface area contributed by atoms with Crippen molar-refractivity contribution >= 4 is 17.2 Å². The molecule has 1 aromatic heterocycles. The van der Waals surface area contributed by atoms with E-state index in [1.165, 1.54) is 43.4 Å². The van der Waals surface area contributed by atoms with Crippen LogP contribution in [0.4, 0.5) is 0 Å². The van der Waals surface area contributed by atoms with Crippen LogP contribution in [0.25, 0.3) is 10.6 Å². The molecule has 22 heavy (non-hydrogen) atoms. The van der Waals surface area contributed by atoms with Crippen LogP contribution < -0.4 is 5.32 Å². The predicted octanol–water partition coefficient (Wildman–Crippen LogP) is 4.43. The lowest BCUT2D eigenvalue weighted by Gasteiger charge is -2.21. The molecule has 1 amide bonds. The van der Waals surface area contributed by atoms with Gasteiger partial charge in [-0.05, 0) is 25.7 Å². The van der Waals surface area contributed by atoms with Crippen LogP contribution in [0.2, 0.25) is 0 Å². The van der Waals surface area contributed by atoms with Crippen molar-refractivity contribution in [1.29, 1.82) is 0 Å². The smallest absolute Gasteiger partial charge is 0.263 e. The number of aromatic nitrogens is 1. The van der Waals surface area contributed by atoms with Crippen molar-refractivity contribution in [2.24, 2.45) is 5.92 Å². The number of rotatable bonds is 4. The van der Waals surface area contributed by atoms with Crippen LogP contribution in [0.1, 0.15) is 47.5 Å². The van der Waals surface area contributed by atoms with Crippen molar-refractivity contribution < 1.29 is 4.79 Å². The molecular weight excluding hydrogens is 292 g/mol. The van der Waals surface area contributed by atoms with Gasteiger partial charge in [0.1, 0.15) is 9.88 Å². The third-order valence-corrected chi connectivity index (χ3v) is 5.50. The number of thiazole rings is 1. The van der Waals surface area contributed by atoms with Gasteiger partial charge in [-0.2, -0.15) is 0 Å². The molecule has 1 heterocycles. The zero-order valence-electron chi connectivity index (χ0n) is 13.0. The van der Waals surface area contributed by atoms with Crippen molar-refractivity contribution in [3.63, 3.8) is 0 Å². The molecule has 0 saturated heterocycles. The molecule has 1 N–H and O–H groups in total. The van der Waals surface area contributed by atoms with E-state index in [9.17, 15) is 4.79 Å². The fraction of sp³-hybridized carbons (Fsp3) is 0.444. The largest absolute Gasteiger partial charge is 0.351 e. The highest BCUT2D eigenvalue weighted by atomic mass is 32.1. The summed E-state index contributed by atoms with van der Waals surface area (Å²) in [5, 5.41) is 4.02. The van der Waals surface area contributed by atoms with E-state index in [1.807, 2.05) is 37.3 Å². The summed E-state index contributed by atoms with van der Waals surface area (Å²) in [7, 11) is 0. The first-order valence-corrected chi connectivity index (χ1v) is 8.87. The molecule has 0 aliphatic heterocycles. The van der Waals surface area contributed by atoms with E-state index < -0.39 is 0 Å². The van der Waals surface area contributed by atoms with E-state index in [4.69, 9.17) is 0 Å². The SMILES string of the molecule is Cc1nc(-c2ccccc2)sc1C(=O)NCC1CCCCC1. The Morgan fingerprint density at radius 3 is 2.68 bits per heavy atom. The number of benzene rings is 1. The Labute approximate surface area is 135 Å². The van der Waals surface area contributed by atoms with Crippen LogP contribution in [0, 0.1) is 12.8 Å². The molecule has 116 valence electrons. The van der Waals surface area contributed by atoms with Gasteiger partial charge in [0, 0.05) is 12.1 Å². The second kappa shape index (κ2) is 7.05. The van der Waals surface area contributed by atoms with Crippen molar-refractivity contribution in [3.8, 4) is 10.6 Å². The lowest BCUT2D eigenvalue weighted by Crippen LogP contribution is -2.30. The minimum atomic E-state index is 0.0303. The van der Waals surface area contributed by atoms with Gasteiger partial charge in [-0.25, -0.2) is 4.98 Å². The van der Waals surface area contributed by atoms with E-state index >= 15 is 0 Å². The van der Waals surface area contributed by atoms with E-state index in [0.29, 0.717) is 5.92 Å². The molecule has 0 bridgehead atoms. The number of amides is 1. The normalized spacial score (nSPS) is 15.7. The Morgan fingerprint density at radius 1 is 1.23 bits per heavy atom. The molecule has 0 radical (unpaired) electrons. The van der Waals surface area contributed by atoms with E-state index in [0.717, 1.165) is 27.7 Å². The highest BCUT2D eigenvalue weighted by Crippen LogP contribution is 2.28. The monoisotopic (exact) mass is 314 g/mol. The third kappa shape index (κ3) is 3.55. The van der Waals surface area contributed by atoms with Gasteiger partial charge in [0.2, 0.25) is 0 Å². The number of aryl methyl sites for hydroxylation is 1. The Bertz CT molecular complexity index is 630. The van der Waals surface area contributed by atoms with Crippen LogP contribution in [-0.4, -0.2) is 17.4 Å². The van der Waals surface area contributed by atoms with Gasteiger partial charge >= 0.3 is 0 Å². The summed E-state index contributed by atoms with van der Waals surface area (Å²) in [6.45, 7) is 2.72. The average Bonchev–Trinajstić information content (AvgIpc) is 2.96. The molecule has 1 aromatic carbocycles. The van der Waals surface area contributed by atoms with Crippen molar-refractivity contribution in [2.75, 3.05) is 6.54 Å².